The van der Waals surface area contributed by atoms with Crippen LogP contribution < -0.4 is 4.74 Å². The van der Waals surface area contributed by atoms with Gasteiger partial charge in [0.15, 0.2) is 0 Å². The number of benzene rings is 1. The van der Waals surface area contributed by atoms with Gasteiger partial charge in [0.25, 0.3) is 5.78 Å². The number of fused-ring (bicyclic) bond motifs is 1. The molecular weight excluding hydrogens is 216 g/mol. The fourth-order valence-electron chi connectivity index (χ4n) is 1.76. The van der Waals surface area contributed by atoms with Crippen molar-refractivity contribution < 1.29 is 4.74 Å². The average molecular weight is 226 g/mol. The van der Waals surface area contributed by atoms with Gasteiger partial charge in [-0.3, -0.25) is 4.40 Å². The molecule has 0 fully saturated rings. The maximum absolute atomic E-state index is 5.21. The minimum atomic E-state index is 0.588. The SMILES string of the molecule is COc1cccc(-c2ccnc3nncn23)c1. The first-order valence-corrected chi connectivity index (χ1v) is 5.17. The maximum atomic E-state index is 5.21. The van der Waals surface area contributed by atoms with Crippen LogP contribution in [0.3, 0.4) is 0 Å². The first kappa shape index (κ1) is 9.77. The molecule has 0 spiro atoms. The third kappa shape index (κ3) is 1.61. The summed E-state index contributed by atoms with van der Waals surface area (Å²) in [4.78, 5) is 4.13. The molecule has 0 aliphatic carbocycles. The molecule has 0 radical (unpaired) electrons. The largest absolute Gasteiger partial charge is 0.497 e. The number of ether oxygens (including phenoxy) is 1. The summed E-state index contributed by atoms with van der Waals surface area (Å²) in [7, 11) is 1.65. The second kappa shape index (κ2) is 3.86. The van der Waals surface area contributed by atoms with E-state index in [1.165, 1.54) is 0 Å². The predicted octanol–water partition coefficient (Wildman–Crippen LogP) is 1.80. The molecule has 0 amide bonds. The lowest BCUT2D eigenvalue weighted by molar-refractivity contribution is 0.415. The summed E-state index contributed by atoms with van der Waals surface area (Å²) in [6, 6.07) is 9.76. The first-order chi connectivity index (χ1) is 8.38. The lowest BCUT2D eigenvalue weighted by atomic mass is 10.1. The van der Waals surface area contributed by atoms with E-state index in [4.69, 9.17) is 4.74 Å². The highest BCUT2D eigenvalue weighted by Crippen LogP contribution is 2.23. The molecule has 5 nitrogen and oxygen atoms in total. The van der Waals surface area contributed by atoms with E-state index < -0.39 is 0 Å². The Morgan fingerprint density at radius 3 is 3.06 bits per heavy atom. The highest BCUT2D eigenvalue weighted by molar-refractivity contribution is 5.63. The van der Waals surface area contributed by atoms with Crippen molar-refractivity contribution in [3.05, 3.63) is 42.9 Å². The fraction of sp³-hybridized carbons (Fsp3) is 0.0833. The summed E-state index contributed by atoms with van der Waals surface area (Å²) >= 11 is 0. The molecule has 0 N–H and O–H groups in total. The van der Waals surface area contributed by atoms with Gasteiger partial charge < -0.3 is 4.74 Å². The Morgan fingerprint density at radius 1 is 1.24 bits per heavy atom. The van der Waals surface area contributed by atoms with E-state index >= 15 is 0 Å². The Morgan fingerprint density at radius 2 is 2.18 bits per heavy atom. The highest BCUT2D eigenvalue weighted by atomic mass is 16.5. The third-order valence-corrected chi connectivity index (χ3v) is 2.58. The number of hydrogen-bond donors (Lipinski definition) is 0. The van der Waals surface area contributed by atoms with Gasteiger partial charge in [0.05, 0.1) is 12.8 Å². The van der Waals surface area contributed by atoms with Crippen LogP contribution in [-0.4, -0.2) is 26.7 Å². The van der Waals surface area contributed by atoms with Crippen molar-refractivity contribution in [1.82, 2.24) is 19.6 Å². The van der Waals surface area contributed by atoms with Crippen LogP contribution in [0.4, 0.5) is 0 Å². The van der Waals surface area contributed by atoms with Gasteiger partial charge in [0.1, 0.15) is 12.1 Å². The van der Waals surface area contributed by atoms with Crippen LogP contribution in [0.15, 0.2) is 42.9 Å². The molecule has 0 bridgehead atoms. The molecule has 0 aliphatic rings. The Balaban J connectivity index is 2.23. The Bertz CT molecular complexity index is 662. The van der Waals surface area contributed by atoms with E-state index in [1.807, 2.05) is 34.7 Å². The first-order valence-electron chi connectivity index (χ1n) is 5.17. The molecule has 17 heavy (non-hydrogen) atoms. The van der Waals surface area contributed by atoms with Crippen molar-refractivity contribution in [3.63, 3.8) is 0 Å². The standard InChI is InChI=1S/C12H10N4O/c1-17-10-4-2-3-9(7-10)11-5-6-13-12-15-14-8-16(11)12/h2-8H,1H3. The number of aromatic nitrogens is 4. The predicted molar refractivity (Wildman–Crippen MR) is 62.8 cm³/mol. The Kier molecular flexibility index (Phi) is 2.22. The summed E-state index contributed by atoms with van der Waals surface area (Å²) in [5.74, 6) is 1.41. The number of methoxy groups -OCH3 is 1. The number of hydrogen-bond acceptors (Lipinski definition) is 4. The Hall–Kier alpha value is -2.43. The molecule has 3 rings (SSSR count). The van der Waals surface area contributed by atoms with Gasteiger partial charge in [-0.15, -0.1) is 10.2 Å². The van der Waals surface area contributed by atoms with E-state index in [0.29, 0.717) is 5.78 Å². The number of rotatable bonds is 2. The van der Waals surface area contributed by atoms with Crippen LogP contribution in [0, 0.1) is 0 Å². The molecule has 0 atom stereocenters. The van der Waals surface area contributed by atoms with Gasteiger partial charge in [0.2, 0.25) is 0 Å². The minimum Gasteiger partial charge on any atom is -0.497 e. The summed E-state index contributed by atoms with van der Waals surface area (Å²) in [5.41, 5.74) is 2.02. The molecule has 0 saturated carbocycles. The third-order valence-electron chi connectivity index (χ3n) is 2.58. The van der Waals surface area contributed by atoms with Crippen LogP contribution in [-0.2, 0) is 0 Å². The van der Waals surface area contributed by atoms with Crippen molar-refractivity contribution in [2.75, 3.05) is 7.11 Å². The van der Waals surface area contributed by atoms with Crippen molar-refractivity contribution in [1.29, 1.82) is 0 Å². The molecule has 3 aromatic rings. The number of nitrogens with zero attached hydrogens (tertiary/aromatic N) is 4. The zero-order chi connectivity index (χ0) is 11.7. The van der Waals surface area contributed by atoms with E-state index in [0.717, 1.165) is 17.0 Å². The van der Waals surface area contributed by atoms with Crippen molar-refractivity contribution in [2.45, 2.75) is 0 Å². The highest BCUT2D eigenvalue weighted by Gasteiger charge is 2.05. The molecule has 0 saturated heterocycles. The van der Waals surface area contributed by atoms with Crippen molar-refractivity contribution in [2.24, 2.45) is 0 Å². The van der Waals surface area contributed by atoms with Crippen molar-refractivity contribution in [3.8, 4) is 17.0 Å². The van der Waals surface area contributed by atoms with Crippen LogP contribution >= 0.6 is 0 Å². The second-order valence-corrected chi connectivity index (χ2v) is 3.56. The zero-order valence-corrected chi connectivity index (χ0v) is 9.24. The maximum Gasteiger partial charge on any atom is 0.255 e. The fourth-order valence-corrected chi connectivity index (χ4v) is 1.76. The van der Waals surface area contributed by atoms with E-state index in [2.05, 4.69) is 15.2 Å². The quantitative estimate of drug-likeness (QED) is 0.668. The van der Waals surface area contributed by atoms with Crippen LogP contribution in [0.5, 0.6) is 5.75 Å². The monoisotopic (exact) mass is 226 g/mol. The molecule has 2 aromatic heterocycles. The second-order valence-electron chi connectivity index (χ2n) is 3.56. The van der Waals surface area contributed by atoms with Crippen LogP contribution in [0.25, 0.3) is 17.0 Å². The van der Waals surface area contributed by atoms with Crippen LogP contribution in [0.1, 0.15) is 0 Å². The Labute approximate surface area is 97.7 Å². The molecule has 0 unspecified atom stereocenters. The minimum absolute atomic E-state index is 0.588. The zero-order valence-electron chi connectivity index (χ0n) is 9.24. The van der Waals surface area contributed by atoms with Gasteiger partial charge in [0, 0.05) is 11.8 Å². The molecule has 0 aliphatic heterocycles. The average Bonchev–Trinajstić information content (AvgIpc) is 2.87. The molecule has 5 heteroatoms. The molecule has 1 aromatic carbocycles. The van der Waals surface area contributed by atoms with Gasteiger partial charge >= 0.3 is 0 Å². The molecule has 84 valence electrons. The van der Waals surface area contributed by atoms with Crippen LogP contribution in [0.2, 0.25) is 0 Å². The van der Waals surface area contributed by atoms with Crippen molar-refractivity contribution >= 4 is 5.78 Å². The lowest BCUT2D eigenvalue weighted by Gasteiger charge is -2.06. The van der Waals surface area contributed by atoms with E-state index in [-0.39, 0.29) is 0 Å². The summed E-state index contributed by atoms with van der Waals surface area (Å²) in [5, 5.41) is 7.77. The lowest BCUT2D eigenvalue weighted by Crippen LogP contribution is -1.93. The molecule has 2 heterocycles. The van der Waals surface area contributed by atoms with Gasteiger partial charge in [-0.05, 0) is 18.2 Å². The van der Waals surface area contributed by atoms with E-state index in [9.17, 15) is 0 Å². The topological polar surface area (TPSA) is 52.3 Å². The van der Waals surface area contributed by atoms with Gasteiger partial charge in [-0.1, -0.05) is 12.1 Å². The van der Waals surface area contributed by atoms with Gasteiger partial charge in [-0.2, -0.15) is 0 Å². The smallest absolute Gasteiger partial charge is 0.255 e. The van der Waals surface area contributed by atoms with Gasteiger partial charge in [-0.25, -0.2) is 4.98 Å². The molecular formula is C12H10N4O. The summed E-state index contributed by atoms with van der Waals surface area (Å²) in [6.07, 6.45) is 3.37. The summed E-state index contributed by atoms with van der Waals surface area (Å²) < 4.78 is 7.06. The summed E-state index contributed by atoms with van der Waals surface area (Å²) in [6.45, 7) is 0. The normalized spacial score (nSPS) is 10.6. The van der Waals surface area contributed by atoms with E-state index in [1.54, 1.807) is 19.6 Å².